The summed E-state index contributed by atoms with van der Waals surface area (Å²) in [6.07, 6.45) is 1.02. The second kappa shape index (κ2) is 4.64. The molecule has 0 unspecified atom stereocenters. The molecule has 0 aromatic carbocycles. The third-order valence-corrected chi connectivity index (χ3v) is 1.61. The van der Waals surface area contributed by atoms with E-state index in [-0.39, 0.29) is 0 Å². The number of nitrogens with zero attached hydrogens (tertiary/aromatic N) is 2. The Kier molecular flexibility index (Phi) is 3.49. The number of anilines is 1. The lowest BCUT2D eigenvalue weighted by Crippen LogP contribution is -2.03. The average Bonchev–Trinajstić information content (AvgIpc) is 2.08. The smallest absolute Gasteiger partial charge is 0.233 e. The summed E-state index contributed by atoms with van der Waals surface area (Å²) >= 11 is 0. The van der Waals surface area contributed by atoms with Crippen LogP contribution in [0.5, 0.6) is 5.88 Å². The van der Waals surface area contributed by atoms with Crippen LogP contribution in [-0.4, -0.2) is 16.8 Å². The Morgan fingerprint density at radius 3 is 2.69 bits per heavy atom. The fourth-order valence-corrected chi connectivity index (χ4v) is 0.807. The lowest BCUT2D eigenvalue weighted by molar-refractivity contribution is 0.276. The molecule has 0 radical (unpaired) electrons. The summed E-state index contributed by atoms with van der Waals surface area (Å²) in [5, 5.41) is 7.46. The highest BCUT2D eigenvalue weighted by Gasteiger charge is 1.97. The molecule has 0 saturated carbocycles. The maximum atomic E-state index is 5.37. The van der Waals surface area contributed by atoms with E-state index in [4.69, 9.17) is 10.5 Å². The predicted octanol–water partition coefficient (Wildman–Crippen LogP) is 1.48. The second-order valence-electron chi connectivity index (χ2n) is 3.33. The number of hydrogen-bond acceptors (Lipinski definition) is 4. The van der Waals surface area contributed by atoms with Crippen LogP contribution < -0.4 is 10.5 Å². The monoisotopic (exact) mass is 181 g/mol. The molecule has 0 saturated heterocycles. The van der Waals surface area contributed by atoms with Gasteiger partial charge in [0.25, 0.3) is 0 Å². The number of nitrogen functional groups attached to an aromatic ring is 1. The van der Waals surface area contributed by atoms with Crippen LogP contribution >= 0.6 is 0 Å². The highest BCUT2D eigenvalue weighted by Crippen LogP contribution is 2.07. The third-order valence-electron chi connectivity index (χ3n) is 1.61. The molecule has 0 atom stereocenters. The molecule has 1 aromatic heterocycles. The minimum atomic E-state index is 0.413. The van der Waals surface area contributed by atoms with Crippen LogP contribution in [0.25, 0.3) is 0 Å². The summed E-state index contributed by atoms with van der Waals surface area (Å²) in [6.45, 7) is 4.98. The van der Waals surface area contributed by atoms with E-state index in [1.54, 1.807) is 12.1 Å². The largest absolute Gasteiger partial charge is 0.477 e. The summed E-state index contributed by atoms with van der Waals surface area (Å²) in [5.74, 6) is 1.59. The fraction of sp³-hybridized carbons (Fsp3) is 0.556. The van der Waals surface area contributed by atoms with Crippen LogP contribution in [0.3, 0.4) is 0 Å². The number of rotatable bonds is 4. The molecule has 4 heteroatoms. The predicted molar refractivity (Wildman–Crippen MR) is 51.4 cm³/mol. The first-order chi connectivity index (χ1) is 6.18. The topological polar surface area (TPSA) is 61.0 Å². The quantitative estimate of drug-likeness (QED) is 0.764. The van der Waals surface area contributed by atoms with Crippen LogP contribution in [-0.2, 0) is 0 Å². The lowest BCUT2D eigenvalue weighted by Gasteiger charge is -2.05. The Morgan fingerprint density at radius 1 is 1.38 bits per heavy atom. The van der Waals surface area contributed by atoms with Crippen molar-refractivity contribution in [3.05, 3.63) is 12.1 Å². The van der Waals surface area contributed by atoms with Crippen LogP contribution in [0, 0.1) is 5.92 Å². The van der Waals surface area contributed by atoms with Crippen molar-refractivity contribution in [2.75, 3.05) is 12.3 Å². The highest BCUT2D eigenvalue weighted by atomic mass is 16.5. The van der Waals surface area contributed by atoms with E-state index in [0.717, 1.165) is 6.42 Å². The molecule has 13 heavy (non-hydrogen) atoms. The van der Waals surface area contributed by atoms with Crippen LogP contribution in [0.1, 0.15) is 20.3 Å². The zero-order chi connectivity index (χ0) is 9.68. The van der Waals surface area contributed by atoms with Gasteiger partial charge < -0.3 is 10.5 Å². The molecular formula is C9H15N3O. The van der Waals surface area contributed by atoms with Crippen molar-refractivity contribution in [3.8, 4) is 5.88 Å². The van der Waals surface area contributed by atoms with Gasteiger partial charge in [0.2, 0.25) is 5.88 Å². The average molecular weight is 181 g/mol. The van der Waals surface area contributed by atoms with Gasteiger partial charge in [0.15, 0.2) is 0 Å². The molecule has 1 heterocycles. The normalized spacial score (nSPS) is 10.4. The van der Waals surface area contributed by atoms with E-state index in [9.17, 15) is 0 Å². The molecule has 0 aliphatic rings. The Bertz CT molecular complexity index is 246. The molecule has 0 aliphatic heterocycles. The Balaban J connectivity index is 2.33. The molecule has 1 rings (SSSR count). The van der Waals surface area contributed by atoms with E-state index >= 15 is 0 Å². The molecule has 0 amide bonds. The van der Waals surface area contributed by atoms with Gasteiger partial charge in [-0.25, -0.2) is 0 Å². The van der Waals surface area contributed by atoms with Gasteiger partial charge in [-0.3, -0.25) is 0 Å². The zero-order valence-corrected chi connectivity index (χ0v) is 8.03. The van der Waals surface area contributed by atoms with Gasteiger partial charge in [0.05, 0.1) is 6.61 Å². The minimum absolute atomic E-state index is 0.413. The van der Waals surface area contributed by atoms with Crippen molar-refractivity contribution in [3.63, 3.8) is 0 Å². The van der Waals surface area contributed by atoms with E-state index in [1.165, 1.54) is 0 Å². The number of ether oxygens (including phenoxy) is 1. The Labute approximate surface area is 78.1 Å². The fourth-order valence-electron chi connectivity index (χ4n) is 0.807. The van der Waals surface area contributed by atoms with Crippen LogP contribution in [0.4, 0.5) is 5.82 Å². The molecule has 0 spiro atoms. The van der Waals surface area contributed by atoms with Crippen molar-refractivity contribution in [1.82, 2.24) is 10.2 Å². The first kappa shape index (κ1) is 9.77. The van der Waals surface area contributed by atoms with Crippen molar-refractivity contribution in [2.45, 2.75) is 20.3 Å². The van der Waals surface area contributed by atoms with E-state index < -0.39 is 0 Å². The molecule has 1 aromatic rings. The minimum Gasteiger partial charge on any atom is -0.477 e. The van der Waals surface area contributed by atoms with E-state index in [0.29, 0.717) is 24.2 Å². The second-order valence-corrected chi connectivity index (χ2v) is 3.33. The Hall–Kier alpha value is -1.32. The van der Waals surface area contributed by atoms with Crippen molar-refractivity contribution >= 4 is 5.82 Å². The summed E-state index contributed by atoms with van der Waals surface area (Å²) in [4.78, 5) is 0. The van der Waals surface area contributed by atoms with Gasteiger partial charge in [-0.05, 0) is 18.4 Å². The number of nitrogens with two attached hydrogens (primary N) is 1. The summed E-state index contributed by atoms with van der Waals surface area (Å²) < 4.78 is 5.34. The molecular weight excluding hydrogens is 166 g/mol. The zero-order valence-electron chi connectivity index (χ0n) is 8.03. The maximum absolute atomic E-state index is 5.37. The summed E-state index contributed by atoms with van der Waals surface area (Å²) in [5.41, 5.74) is 5.37. The highest BCUT2D eigenvalue weighted by molar-refractivity contribution is 5.27. The number of hydrogen-bond donors (Lipinski definition) is 1. The van der Waals surface area contributed by atoms with Crippen molar-refractivity contribution in [1.29, 1.82) is 0 Å². The van der Waals surface area contributed by atoms with Crippen LogP contribution in [0.15, 0.2) is 12.1 Å². The molecule has 2 N–H and O–H groups in total. The van der Waals surface area contributed by atoms with Crippen molar-refractivity contribution < 1.29 is 4.74 Å². The first-order valence-corrected chi connectivity index (χ1v) is 4.40. The van der Waals surface area contributed by atoms with E-state index in [1.807, 2.05) is 0 Å². The SMILES string of the molecule is CC(C)CCOc1ccc(N)nn1. The van der Waals surface area contributed by atoms with Crippen LogP contribution in [0.2, 0.25) is 0 Å². The summed E-state index contributed by atoms with van der Waals surface area (Å²) in [7, 11) is 0. The molecule has 4 nitrogen and oxygen atoms in total. The standard InChI is InChI=1S/C9H15N3O/c1-7(2)5-6-13-9-4-3-8(10)11-12-9/h3-4,7H,5-6H2,1-2H3,(H2,10,11). The van der Waals surface area contributed by atoms with Gasteiger partial charge in [-0.2, -0.15) is 0 Å². The van der Waals surface area contributed by atoms with Gasteiger partial charge in [-0.1, -0.05) is 13.8 Å². The lowest BCUT2D eigenvalue weighted by atomic mass is 10.1. The number of aromatic nitrogens is 2. The summed E-state index contributed by atoms with van der Waals surface area (Å²) in [6, 6.07) is 3.40. The van der Waals surface area contributed by atoms with Crippen molar-refractivity contribution in [2.24, 2.45) is 5.92 Å². The van der Waals surface area contributed by atoms with Gasteiger partial charge in [0, 0.05) is 6.07 Å². The van der Waals surface area contributed by atoms with Gasteiger partial charge in [0.1, 0.15) is 5.82 Å². The molecule has 72 valence electrons. The van der Waals surface area contributed by atoms with Gasteiger partial charge in [-0.15, -0.1) is 10.2 Å². The van der Waals surface area contributed by atoms with Gasteiger partial charge >= 0.3 is 0 Å². The Morgan fingerprint density at radius 2 is 2.15 bits per heavy atom. The maximum Gasteiger partial charge on any atom is 0.233 e. The molecule has 0 aliphatic carbocycles. The van der Waals surface area contributed by atoms with E-state index in [2.05, 4.69) is 24.0 Å². The molecule has 0 fully saturated rings. The molecule has 0 bridgehead atoms. The first-order valence-electron chi connectivity index (χ1n) is 4.40. The third kappa shape index (κ3) is 3.73.